The van der Waals surface area contributed by atoms with Crippen LogP contribution >= 0.6 is 0 Å². The summed E-state index contributed by atoms with van der Waals surface area (Å²) in [5, 5.41) is 13.6. The first-order chi connectivity index (χ1) is 11.6. The summed E-state index contributed by atoms with van der Waals surface area (Å²) in [6.45, 7) is 2.21. The summed E-state index contributed by atoms with van der Waals surface area (Å²) in [7, 11) is -0.668. The minimum Gasteiger partial charge on any atom is -0.325 e. The Kier molecular flexibility index (Phi) is 5.76. The van der Waals surface area contributed by atoms with E-state index in [4.69, 9.17) is 0 Å². The van der Waals surface area contributed by atoms with Crippen LogP contribution in [0, 0.1) is 23.0 Å². The molecular formula is C15H22N4O5S. The number of hydrogen-bond donors (Lipinski definition) is 1. The Bertz CT molecular complexity index is 778. The summed E-state index contributed by atoms with van der Waals surface area (Å²) in [5.74, 6) is -0.829. The van der Waals surface area contributed by atoms with Crippen molar-refractivity contribution in [1.29, 1.82) is 0 Å². The molecule has 1 fully saturated rings. The van der Waals surface area contributed by atoms with Gasteiger partial charge in [-0.1, -0.05) is 6.07 Å². The van der Waals surface area contributed by atoms with Gasteiger partial charge in [0.25, 0.3) is 15.9 Å². The number of nitrogens with zero attached hydrogens (tertiary/aromatic N) is 3. The molecule has 1 atom stereocenters. The lowest BCUT2D eigenvalue weighted by molar-refractivity contribution is -0.384. The van der Waals surface area contributed by atoms with Gasteiger partial charge in [-0.3, -0.25) is 14.9 Å². The lowest BCUT2D eigenvalue weighted by Crippen LogP contribution is -2.47. The summed E-state index contributed by atoms with van der Waals surface area (Å²) in [5.41, 5.74) is 0.959. The van der Waals surface area contributed by atoms with Crippen LogP contribution in [0.2, 0.25) is 0 Å². The van der Waals surface area contributed by atoms with Crippen molar-refractivity contribution in [2.45, 2.75) is 19.8 Å². The van der Waals surface area contributed by atoms with E-state index in [1.165, 1.54) is 30.5 Å². The number of non-ortho nitro benzene ring substituents is 1. The first-order valence-corrected chi connectivity index (χ1v) is 9.26. The zero-order valence-electron chi connectivity index (χ0n) is 14.4. The quantitative estimate of drug-likeness (QED) is 0.621. The average molecular weight is 370 g/mol. The number of benzene rings is 1. The van der Waals surface area contributed by atoms with Gasteiger partial charge in [0.2, 0.25) is 5.91 Å². The molecule has 2 rings (SSSR count). The van der Waals surface area contributed by atoms with Crippen LogP contribution in [0.5, 0.6) is 0 Å². The molecule has 138 valence electrons. The van der Waals surface area contributed by atoms with Crippen LogP contribution in [0.25, 0.3) is 0 Å². The minimum atomic E-state index is -3.57. The highest BCUT2D eigenvalue weighted by molar-refractivity contribution is 7.86. The van der Waals surface area contributed by atoms with Crippen LogP contribution in [-0.2, 0) is 15.0 Å². The largest absolute Gasteiger partial charge is 0.325 e. The van der Waals surface area contributed by atoms with E-state index in [0.29, 0.717) is 30.6 Å². The van der Waals surface area contributed by atoms with Crippen molar-refractivity contribution in [3.63, 3.8) is 0 Å². The van der Waals surface area contributed by atoms with Gasteiger partial charge >= 0.3 is 0 Å². The first kappa shape index (κ1) is 19.3. The van der Waals surface area contributed by atoms with Gasteiger partial charge in [0.1, 0.15) is 0 Å². The van der Waals surface area contributed by atoms with Gasteiger partial charge < -0.3 is 5.32 Å². The summed E-state index contributed by atoms with van der Waals surface area (Å²) in [4.78, 5) is 22.9. The van der Waals surface area contributed by atoms with Crippen LogP contribution < -0.4 is 5.32 Å². The summed E-state index contributed by atoms with van der Waals surface area (Å²) < 4.78 is 26.9. The van der Waals surface area contributed by atoms with E-state index in [9.17, 15) is 23.3 Å². The second kappa shape index (κ2) is 7.46. The fraction of sp³-hybridized carbons (Fsp3) is 0.533. The first-order valence-electron chi connectivity index (χ1n) is 7.86. The highest BCUT2D eigenvalue weighted by Gasteiger charge is 2.33. The van der Waals surface area contributed by atoms with Crippen LogP contribution in [0.15, 0.2) is 18.2 Å². The second-order valence-electron chi connectivity index (χ2n) is 6.23. The van der Waals surface area contributed by atoms with Gasteiger partial charge in [0, 0.05) is 39.3 Å². The van der Waals surface area contributed by atoms with Gasteiger partial charge in [-0.2, -0.15) is 17.0 Å². The fourth-order valence-electron chi connectivity index (χ4n) is 2.69. The minimum absolute atomic E-state index is 0.0975. The molecule has 0 aliphatic carbocycles. The molecule has 9 nitrogen and oxygen atoms in total. The monoisotopic (exact) mass is 370 g/mol. The Morgan fingerprint density at radius 2 is 2.08 bits per heavy atom. The van der Waals surface area contributed by atoms with Gasteiger partial charge in [-0.05, 0) is 25.3 Å². The van der Waals surface area contributed by atoms with Gasteiger partial charge in [0.15, 0.2) is 0 Å². The molecule has 1 aromatic rings. The maximum absolute atomic E-state index is 12.5. The number of carbonyl (C=O) groups is 1. The standard InChI is InChI=1S/C15H22N4O5S/c1-11-6-7-13(19(21)22)9-14(11)16-15(20)12-5-4-8-18(10-12)25(23,24)17(2)3/h6-7,9,12H,4-5,8,10H2,1-3H3,(H,16,20)/t12-/m1/s1. The van der Waals surface area contributed by atoms with E-state index in [1.807, 2.05) is 0 Å². The number of hydrogen-bond acceptors (Lipinski definition) is 5. The number of nitro groups is 1. The molecule has 1 amide bonds. The molecule has 0 bridgehead atoms. The zero-order chi connectivity index (χ0) is 18.8. The van der Waals surface area contributed by atoms with Gasteiger partial charge in [-0.25, -0.2) is 0 Å². The number of rotatable bonds is 5. The third-order valence-corrected chi connectivity index (χ3v) is 6.14. The fourth-order valence-corrected chi connectivity index (χ4v) is 3.88. The van der Waals surface area contributed by atoms with Crippen molar-refractivity contribution >= 4 is 27.5 Å². The van der Waals surface area contributed by atoms with Crippen molar-refractivity contribution < 1.29 is 18.1 Å². The second-order valence-corrected chi connectivity index (χ2v) is 8.38. The van der Waals surface area contributed by atoms with Crippen molar-refractivity contribution in [1.82, 2.24) is 8.61 Å². The topological polar surface area (TPSA) is 113 Å². The van der Waals surface area contributed by atoms with Crippen molar-refractivity contribution in [3.8, 4) is 0 Å². The third-order valence-electron chi connectivity index (χ3n) is 4.23. The predicted octanol–water partition coefficient (Wildman–Crippen LogP) is 1.36. The maximum Gasteiger partial charge on any atom is 0.281 e. The van der Waals surface area contributed by atoms with Crippen LogP contribution in [0.4, 0.5) is 11.4 Å². The Morgan fingerprint density at radius 1 is 1.40 bits per heavy atom. The van der Waals surface area contributed by atoms with E-state index < -0.39 is 21.1 Å². The Balaban J connectivity index is 2.13. The Hall–Kier alpha value is -2.04. The van der Waals surface area contributed by atoms with E-state index >= 15 is 0 Å². The number of piperidine rings is 1. The zero-order valence-corrected chi connectivity index (χ0v) is 15.2. The molecule has 1 aromatic carbocycles. The molecule has 0 unspecified atom stereocenters. The van der Waals surface area contributed by atoms with Crippen molar-refractivity contribution in [3.05, 3.63) is 33.9 Å². The highest BCUT2D eigenvalue weighted by Crippen LogP contribution is 2.25. The lowest BCUT2D eigenvalue weighted by Gasteiger charge is -2.32. The normalized spacial score (nSPS) is 19.0. The van der Waals surface area contributed by atoms with Crippen molar-refractivity contribution in [2.24, 2.45) is 5.92 Å². The summed E-state index contributed by atoms with van der Waals surface area (Å²) in [6, 6.07) is 4.25. The van der Waals surface area contributed by atoms with Crippen LogP contribution in [-0.4, -0.2) is 55.0 Å². The summed E-state index contributed by atoms with van der Waals surface area (Å²) in [6.07, 6.45) is 1.15. The molecule has 1 aliphatic heterocycles. The van der Waals surface area contributed by atoms with Gasteiger partial charge in [0.05, 0.1) is 16.5 Å². The molecular weight excluding hydrogens is 348 g/mol. The molecule has 1 aliphatic rings. The average Bonchev–Trinajstić information content (AvgIpc) is 2.56. The van der Waals surface area contributed by atoms with Crippen LogP contribution in [0.3, 0.4) is 0 Å². The van der Waals surface area contributed by atoms with E-state index in [-0.39, 0.29) is 18.1 Å². The third kappa shape index (κ3) is 4.33. The SMILES string of the molecule is Cc1ccc([N+](=O)[O-])cc1NC(=O)[C@@H]1CCCN(S(=O)(=O)N(C)C)C1. The van der Waals surface area contributed by atoms with E-state index in [1.54, 1.807) is 13.0 Å². The molecule has 0 saturated carbocycles. The van der Waals surface area contributed by atoms with Crippen molar-refractivity contribution in [2.75, 3.05) is 32.5 Å². The summed E-state index contributed by atoms with van der Waals surface area (Å²) >= 11 is 0. The number of amides is 1. The van der Waals surface area contributed by atoms with Crippen LogP contribution in [0.1, 0.15) is 18.4 Å². The molecule has 1 saturated heterocycles. The Labute approximate surface area is 146 Å². The number of anilines is 1. The lowest BCUT2D eigenvalue weighted by atomic mass is 9.98. The highest BCUT2D eigenvalue weighted by atomic mass is 32.2. The molecule has 1 N–H and O–H groups in total. The number of nitrogens with one attached hydrogen (secondary N) is 1. The molecule has 0 aromatic heterocycles. The Morgan fingerprint density at radius 3 is 2.68 bits per heavy atom. The molecule has 0 spiro atoms. The number of carbonyl (C=O) groups excluding carboxylic acids is 1. The van der Waals surface area contributed by atoms with E-state index in [0.717, 1.165) is 4.31 Å². The predicted molar refractivity (Wildman–Crippen MR) is 93.4 cm³/mol. The van der Waals surface area contributed by atoms with E-state index in [2.05, 4.69) is 5.32 Å². The maximum atomic E-state index is 12.5. The number of aryl methyl sites for hydroxylation is 1. The molecule has 1 heterocycles. The molecule has 10 heteroatoms. The number of nitro benzene ring substituents is 1. The smallest absolute Gasteiger partial charge is 0.281 e. The van der Waals surface area contributed by atoms with Gasteiger partial charge in [-0.15, -0.1) is 0 Å². The molecule has 0 radical (unpaired) electrons. The molecule has 25 heavy (non-hydrogen) atoms.